The van der Waals surface area contributed by atoms with Crippen molar-refractivity contribution < 1.29 is 8.42 Å². The second kappa shape index (κ2) is 5.02. The average Bonchev–Trinajstić information content (AvgIpc) is 2.70. The number of nitrogens with one attached hydrogen (secondary N) is 1. The highest BCUT2D eigenvalue weighted by Gasteiger charge is 2.18. The minimum atomic E-state index is -3.61. The standard InChI is InChI=1S/C12H16N4O2S/c1-9-15-12(8-16(9)2)19(17,18)14-7-10-5-3-4-6-11(10)13/h3-6,8,14H,7,13H2,1-2H3. The summed E-state index contributed by atoms with van der Waals surface area (Å²) in [4.78, 5) is 4.00. The van der Waals surface area contributed by atoms with Gasteiger partial charge in [-0.05, 0) is 18.6 Å². The second-order valence-electron chi connectivity index (χ2n) is 4.26. The predicted octanol–water partition coefficient (Wildman–Crippen LogP) is 0.789. The number of nitrogen functional groups attached to an aromatic ring is 1. The van der Waals surface area contributed by atoms with Crippen molar-refractivity contribution in [2.75, 3.05) is 5.73 Å². The Balaban J connectivity index is 2.17. The molecule has 0 atom stereocenters. The molecule has 19 heavy (non-hydrogen) atoms. The van der Waals surface area contributed by atoms with Gasteiger partial charge in [0.1, 0.15) is 5.82 Å². The lowest BCUT2D eigenvalue weighted by Gasteiger charge is -2.06. The number of hydrogen-bond acceptors (Lipinski definition) is 4. The highest BCUT2D eigenvalue weighted by atomic mass is 32.2. The summed E-state index contributed by atoms with van der Waals surface area (Å²) in [5, 5.41) is 0.0157. The van der Waals surface area contributed by atoms with Crippen LogP contribution < -0.4 is 10.5 Å². The van der Waals surface area contributed by atoms with Crippen LogP contribution in [0.2, 0.25) is 0 Å². The number of anilines is 1. The molecule has 6 nitrogen and oxygen atoms in total. The van der Waals surface area contributed by atoms with Crippen molar-refractivity contribution in [1.82, 2.24) is 14.3 Å². The smallest absolute Gasteiger partial charge is 0.259 e. The van der Waals surface area contributed by atoms with Crippen LogP contribution >= 0.6 is 0 Å². The van der Waals surface area contributed by atoms with Crippen LogP contribution in [-0.4, -0.2) is 18.0 Å². The quantitative estimate of drug-likeness (QED) is 0.810. The molecule has 0 unspecified atom stereocenters. The number of benzene rings is 1. The SMILES string of the molecule is Cc1nc(S(=O)(=O)NCc2ccccc2N)cn1C. The van der Waals surface area contributed by atoms with Crippen LogP contribution in [0.4, 0.5) is 5.69 Å². The summed E-state index contributed by atoms with van der Waals surface area (Å²) in [5.74, 6) is 0.639. The Morgan fingerprint density at radius 3 is 2.63 bits per heavy atom. The molecule has 0 aliphatic carbocycles. The van der Waals surface area contributed by atoms with E-state index in [9.17, 15) is 8.42 Å². The number of nitrogens with two attached hydrogens (primary N) is 1. The number of sulfonamides is 1. The summed E-state index contributed by atoms with van der Waals surface area (Å²) in [6.45, 7) is 1.89. The Morgan fingerprint density at radius 1 is 1.37 bits per heavy atom. The van der Waals surface area contributed by atoms with Crippen LogP contribution in [0.15, 0.2) is 35.5 Å². The number of para-hydroxylation sites is 1. The lowest BCUT2D eigenvalue weighted by molar-refractivity contribution is 0.578. The van der Waals surface area contributed by atoms with Gasteiger partial charge in [-0.3, -0.25) is 0 Å². The van der Waals surface area contributed by atoms with E-state index in [1.807, 2.05) is 6.07 Å². The van der Waals surface area contributed by atoms with Crippen molar-refractivity contribution in [2.45, 2.75) is 18.5 Å². The minimum Gasteiger partial charge on any atom is -0.398 e. The first kappa shape index (κ1) is 13.6. The molecule has 2 rings (SSSR count). The Bertz CT molecular complexity index is 672. The van der Waals surface area contributed by atoms with E-state index in [1.54, 1.807) is 36.7 Å². The highest BCUT2D eigenvalue weighted by molar-refractivity contribution is 7.89. The summed E-state index contributed by atoms with van der Waals surface area (Å²) in [5.41, 5.74) is 7.05. The van der Waals surface area contributed by atoms with E-state index in [0.29, 0.717) is 11.5 Å². The van der Waals surface area contributed by atoms with E-state index < -0.39 is 10.0 Å². The van der Waals surface area contributed by atoms with E-state index in [-0.39, 0.29) is 11.6 Å². The van der Waals surface area contributed by atoms with Gasteiger partial charge >= 0.3 is 0 Å². The van der Waals surface area contributed by atoms with Crippen molar-refractivity contribution >= 4 is 15.7 Å². The van der Waals surface area contributed by atoms with Gasteiger partial charge in [-0.15, -0.1) is 0 Å². The summed E-state index contributed by atoms with van der Waals surface area (Å²) in [6, 6.07) is 7.12. The van der Waals surface area contributed by atoms with Gasteiger partial charge in [0, 0.05) is 25.5 Å². The maximum absolute atomic E-state index is 12.1. The van der Waals surface area contributed by atoms with Gasteiger partial charge in [0.15, 0.2) is 5.03 Å². The molecule has 102 valence electrons. The van der Waals surface area contributed by atoms with Crippen molar-refractivity contribution in [2.24, 2.45) is 7.05 Å². The van der Waals surface area contributed by atoms with Gasteiger partial charge in [-0.2, -0.15) is 0 Å². The molecule has 7 heteroatoms. The third-order valence-electron chi connectivity index (χ3n) is 2.87. The Labute approximate surface area is 112 Å². The van der Waals surface area contributed by atoms with E-state index in [0.717, 1.165) is 5.56 Å². The third-order valence-corrected chi connectivity index (χ3v) is 4.14. The number of hydrogen-bond donors (Lipinski definition) is 2. The molecular formula is C12H16N4O2S. The lowest BCUT2D eigenvalue weighted by Crippen LogP contribution is -2.24. The monoisotopic (exact) mass is 280 g/mol. The molecule has 0 aliphatic heterocycles. The first-order chi connectivity index (χ1) is 8.90. The number of aryl methyl sites for hydroxylation is 2. The topological polar surface area (TPSA) is 90.0 Å². The molecule has 0 saturated heterocycles. The lowest BCUT2D eigenvalue weighted by atomic mass is 10.2. The fourth-order valence-corrected chi connectivity index (χ4v) is 2.64. The molecule has 0 fully saturated rings. The second-order valence-corrected chi connectivity index (χ2v) is 5.97. The van der Waals surface area contributed by atoms with Crippen LogP contribution in [0.5, 0.6) is 0 Å². The van der Waals surface area contributed by atoms with Crippen LogP contribution in [0.3, 0.4) is 0 Å². The van der Waals surface area contributed by atoms with Crippen LogP contribution in [0.25, 0.3) is 0 Å². The van der Waals surface area contributed by atoms with Gasteiger partial charge in [0.2, 0.25) is 0 Å². The normalized spacial score (nSPS) is 11.7. The number of imidazole rings is 1. The van der Waals surface area contributed by atoms with E-state index in [4.69, 9.17) is 5.73 Å². The zero-order valence-electron chi connectivity index (χ0n) is 10.8. The molecular weight excluding hydrogens is 264 g/mol. The van der Waals surface area contributed by atoms with Crippen LogP contribution in [0.1, 0.15) is 11.4 Å². The van der Waals surface area contributed by atoms with Gasteiger partial charge in [-0.1, -0.05) is 18.2 Å². The summed E-state index contributed by atoms with van der Waals surface area (Å²) in [7, 11) is -1.87. The molecule has 0 radical (unpaired) electrons. The molecule has 0 spiro atoms. The first-order valence-electron chi connectivity index (χ1n) is 5.73. The summed E-state index contributed by atoms with van der Waals surface area (Å²) >= 11 is 0. The van der Waals surface area contributed by atoms with Crippen molar-refractivity contribution in [3.05, 3.63) is 41.9 Å². The zero-order chi connectivity index (χ0) is 14.0. The van der Waals surface area contributed by atoms with Gasteiger partial charge in [-0.25, -0.2) is 18.1 Å². The van der Waals surface area contributed by atoms with Crippen molar-refractivity contribution in [3.63, 3.8) is 0 Å². The fourth-order valence-electron chi connectivity index (χ4n) is 1.60. The molecule has 0 amide bonds. The van der Waals surface area contributed by atoms with Crippen molar-refractivity contribution in [1.29, 1.82) is 0 Å². The number of aromatic nitrogens is 2. The highest BCUT2D eigenvalue weighted by Crippen LogP contribution is 2.12. The van der Waals surface area contributed by atoms with E-state index in [2.05, 4.69) is 9.71 Å². The van der Waals surface area contributed by atoms with E-state index in [1.165, 1.54) is 6.20 Å². The molecule has 1 heterocycles. The number of nitrogens with zero attached hydrogens (tertiary/aromatic N) is 2. The van der Waals surface area contributed by atoms with Gasteiger partial charge in [0.25, 0.3) is 10.0 Å². The first-order valence-corrected chi connectivity index (χ1v) is 7.21. The maximum atomic E-state index is 12.1. The molecule has 1 aromatic carbocycles. The summed E-state index contributed by atoms with van der Waals surface area (Å²) < 4.78 is 28.3. The minimum absolute atomic E-state index is 0.0157. The Kier molecular flexibility index (Phi) is 3.59. The molecule has 1 aromatic heterocycles. The van der Waals surface area contributed by atoms with E-state index >= 15 is 0 Å². The zero-order valence-corrected chi connectivity index (χ0v) is 11.6. The third kappa shape index (κ3) is 2.94. The molecule has 0 saturated carbocycles. The predicted molar refractivity (Wildman–Crippen MR) is 72.8 cm³/mol. The maximum Gasteiger partial charge on any atom is 0.259 e. The van der Waals surface area contributed by atoms with Gasteiger partial charge < -0.3 is 10.3 Å². The molecule has 0 bridgehead atoms. The number of rotatable bonds is 4. The fraction of sp³-hybridized carbons (Fsp3) is 0.250. The molecule has 3 N–H and O–H groups in total. The Hall–Kier alpha value is -1.86. The van der Waals surface area contributed by atoms with Crippen LogP contribution in [0, 0.1) is 6.92 Å². The average molecular weight is 280 g/mol. The largest absolute Gasteiger partial charge is 0.398 e. The Morgan fingerprint density at radius 2 is 2.05 bits per heavy atom. The van der Waals surface area contributed by atoms with Gasteiger partial charge in [0.05, 0.1) is 0 Å². The molecule has 2 aromatic rings. The summed E-state index contributed by atoms with van der Waals surface area (Å²) in [6.07, 6.45) is 1.48. The molecule has 0 aliphatic rings. The van der Waals surface area contributed by atoms with Crippen molar-refractivity contribution in [3.8, 4) is 0 Å². The van der Waals surface area contributed by atoms with Crippen LogP contribution in [-0.2, 0) is 23.6 Å².